The van der Waals surface area contributed by atoms with Crippen molar-refractivity contribution in [1.29, 1.82) is 0 Å². The molecule has 1 atom stereocenters. The van der Waals surface area contributed by atoms with Crippen LogP contribution in [-0.2, 0) is 13.2 Å². The second-order valence-electron chi connectivity index (χ2n) is 6.87. The molecule has 7 nitrogen and oxygen atoms in total. The summed E-state index contributed by atoms with van der Waals surface area (Å²) < 4.78 is 41.1. The highest BCUT2D eigenvalue weighted by Crippen LogP contribution is 2.37. The number of nitrogens with zero attached hydrogens (tertiary/aromatic N) is 4. The molecule has 1 amide bonds. The van der Waals surface area contributed by atoms with E-state index in [0.717, 1.165) is 17.5 Å². The number of hydrogen-bond acceptors (Lipinski definition) is 5. The van der Waals surface area contributed by atoms with Gasteiger partial charge < -0.3 is 10.3 Å². The van der Waals surface area contributed by atoms with E-state index >= 15 is 0 Å². The minimum Gasteiger partial charge on any atom is -0.330 e. The van der Waals surface area contributed by atoms with Crippen molar-refractivity contribution in [2.45, 2.75) is 25.6 Å². The number of anilines is 1. The molecule has 0 saturated heterocycles. The van der Waals surface area contributed by atoms with E-state index in [1.54, 1.807) is 9.69 Å². The second-order valence-corrected chi connectivity index (χ2v) is 7.25. The van der Waals surface area contributed by atoms with E-state index in [4.69, 9.17) is 11.6 Å². The standard InChI is InChI=1S/C18H18ClF3N6O/c1-10-16-13(28(25-23-16)14-7-8-26(2)24-14)6-9-27(10)17(29)11-4-3-5-12(15(11)19)18(20,21)22/h3-5,7-8,10,23,25H,6,9H2,1-2H3/t10-/m1/s1. The van der Waals surface area contributed by atoms with E-state index < -0.39 is 28.7 Å². The highest BCUT2D eigenvalue weighted by atomic mass is 35.5. The van der Waals surface area contributed by atoms with Gasteiger partial charge in [-0.3, -0.25) is 9.48 Å². The molecule has 154 valence electrons. The first-order valence-corrected chi connectivity index (χ1v) is 9.27. The van der Waals surface area contributed by atoms with E-state index in [0.29, 0.717) is 18.8 Å². The zero-order valence-corrected chi connectivity index (χ0v) is 16.3. The molecular formula is C18H18ClF3N6O. The van der Waals surface area contributed by atoms with E-state index in [2.05, 4.69) is 16.1 Å². The summed E-state index contributed by atoms with van der Waals surface area (Å²) in [4.78, 5) is 14.5. The molecule has 2 N–H and O–H groups in total. The lowest BCUT2D eigenvalue weighted by molar-refractivity contribution is -0.137. The van der Waals surface area contributed by atoms with Crippen LogP contribution in [0.25, 0.3) is 0 Å². The third-order valence-corrected chi connectivity index (χ3v) is 5.49. The summed E-state index contributed by atoms with van der Waals surface area (Å²) in [7, 11) is 1.81. The van der Waals surface area contributed by atoms with Crippen molar-refractivity contribution in [3.8, 4) is 0 Å². The molecule has 4 rings (SSSR count). The van der Waals surface area contributed by atoms with Gasteiger partial charge in [0, 0.05) is 32.3 Å². The highest BCUT2D eigenvalue weighted by Gasteiger charge is 2.39. The fourth-order valence-corrected chi connectivity index (χ4v) is 3.92. The number of amides is 1. The largest absolute Gasteiger partial charge is 0.417 e. The van der Waals surface area contributed by atoms with Crippen LogP contribution >= 0.6 is 11.6 Å². The molecular weight excluding hydrogens is 409 g/mol. The Kier molecular flexibility index (Phi) is 4.70. The molecule has 0 spiro atoms. The number of hydrazine groups is 2. The van der Waals surface area contributed by atoms with Crippen LogP contribution in [0, 0.1) is 0 Å². The molecule has 3 heterocycles. The van der Waals surface area contributed by atoms with E-state index in [9.17, 15) is 18.0 Å². The number of benzene rings is 1. The van der Waals surface area contributed by atoms with E-state index in [1.807, 2.05) is 26.2 Å². The summed E-state index contributed by atoms with van der Waals surface area (Å²) in [6, 6.07) is 4.83. The van der Waals surface area contributed by atoms with Crippen molar-refractivity contribution in [2.75, 3.05) is 11.6 Å². The predicted molar refractivity (Wildman–Crippen MR) is 101 cm³/mol. The zero-order chi connectivity index (χ0) is 20.9. The first-order chi connectivity index (χ1) is 13.7. The number of aryl methyl sites for hydroxylation is 1. The molecule has 0 aliphatic carbocycles. The van der Waals surface area contributed by atoms with Crippen molar-refractivity contribution in [3.05, 3.63) is 58.0 Å². The third-order valence-electron chi connectivity index (χ3n) is 5.08. The Balaban J connectivity index is 1.62. The average Bonchev–Trinajstić information content (AvgIpc) is 3.27. The number of aromatic nitrogens is 2. The molecule has 29 heavy (non-hydrogen) atoms. The fraction of sp³-hybridized carbons (Fsp3) is 0.333. The lowest BCUT2D eigenvalue weighted by Crippen LogP contribution is -2.46. The van der Waals surface area contributed by atoms with Gasteiger partial charge in [0.15, 0.2) is 5.82 Å². The van der Waals surface area contributed by atoms with Crippen LogP contribution in [0.4, 0.5) is 19.0 Å². The summed E-state index contributed by atoms with van der Waals surface area (Å²) in [5.41, 5.74) is 6.58. The monoisotopic (exact) mass is 426 g/mol. The third kappa shape index (κ3) is 3.32. The van der Waals surface area contributed by atoms with Crippen molar-refractivity contribution >= 4 is 23.3 Å². The Hall–Kier alpha value is -2.72. The number of carbonyl (C=O) groups excluding carboxylic acids is 1. The van der Waals surface area contributed by atoms with Gasteiger partial charge in [0.1, 0.15) is 0 Å². The van der Waals surface area contributed by atoms with Crippen LogP contribution in [0.5, 0.6) is 0 Å². The van der Waals surface area contributed by atoms with Crippen LogP contribution in [0.2, 0.25) is 5.02 Å². The maximum atomic E-state index is 13.1. The van der Waals surface area contributed by atoms with Gasteiger partial charge in [-0.05, 0) is 19.1 Å². The molecule has 2 aliphatic rings. The van der Waals surface area contributed by atoms with Crippen molar-refractivity contribution in [1.82, 2.24) is 25.6 Å². The maximum absolute atomic E-state index is 13.1. The average molecular weight is 427 g/mol. The van der Waals surface area contributed by atoms with Crippen LogP contribution in [0.15, 0.2) is 41.9 Å². The molecule has 2 aliphatic heterocycles. The van der Waals surface area contributed by atoms with Gasteiger partial charge in [0.25, 0.3) is 5.91 Å². The van der Waals surface area contributed by atoms with Crippen LogP contribution in [0.3, 0.4) is 0 Å². The number of alkyl halides is 3. The summed E-state index contributed by atoms with van der Waals surface area (Å²) in [5.74, 6) is 0.149. The Bertz CT molecular complexity index is 1000. The van der Waals surface area contributed by atoms with E-state index in [-0.39, 0.29) is 5.56 Å². The van der Waals surface area contributed by atoms with Gasteiger partial charge in [-0.2, -0.15) is 18.3 Å². The summed E-state index contributed by atoms with van der Waals surface area (Å²) in [6.45, 7) is 2.14. The first kappa shape index (κ1) is 19.6. The van der Waals surface area contributed by atoms with Gasteiger partial charge in [0.2, 0.25) is 0 Å². The molecule has 1 aromatic carbocycles. The molecule has 0 unspecified atom stereocenters. The number of rotatable bonds is 2. The van der Waals surface area contributed by atoms with Gasteiger partial charge >= 0.3 is 6.18 Å². The lowest BCUT2D eigenvalue weighted by atomic mass is 10.0. The van der Waals surface area contributed by atoms with Crippen molar-refractivity contribution in [2.24, 2.45) is 7.05 Å². The Morgan fingerprint density at radius 3 is 2.72 bits per heavy atom. The van der Waals surface area contributed by atoms with Gasteiger partial charge in [0.05, 0.1) is 33.6 Å². The van der Waals surface area contributed by atoms with Crippen LogP contribution < -0.4 is 16.0 Å². The fourth-order valence-electron chi connectivity index (χ4n) is 3.61. The smallest absolute Gasteiger partial charge is 0.330 e. The number of nitrogens with one attached hydrogen (secondary N) is 2. The van der Waals surface area contributed by atoms with Gasteiger partial charge in [-0.1, -0.05) is 17.7 Å². The number of carbonyl (C=O) groups is 1. The van der Waals surface area contributed by atoms with Crippen molar-refractivity contribution < 1.29 is 18.0 Å². The number of hydrogen-bond donors (Lipinski definition) is 2. The first-order valence-electron chi connectivity index (χ1n) is 8.89. The van der Waals surface area contributed by atoms with Crippen LogP contribution in [-0.4, -0.2) is 33.2 Å². The molecule has 2 aromatic rings. The minimum absolute atomic E-state index is 0.162. The Labute approximate surface area is 169 Å². The molecule has 1 aromatic heterocycles. The van der Waals surface area contributed by atoms with Gasteiger partial charge in [-0.25, -0.2) is 5.01 Å². The Morgan fingerprint density at radius 2 is 2.07 bits per heavy atom. The van der Waals surface area contributed by atoms with Crippen molar-refractivity contribution in [3.63, 3.8) is 0 Å². The summed E-state index contributed by atoms with van der Waals surface area (Å²) in [5, 5.41) is 5.57. The number of halogens is 4. The lowest BCUT2D eigenvalue weighted by Gasteiger charge is -2.35. The molecule has 0 fully saturated rings. The second kappa shape index (κ2) is 6.96. The molecule has 11 heteroatoms. The quantitative estimate of drug-likeness (QED) is 0.772. The summed E-state index contributed by atoms with van der Waals surface area (Å²) >= 11 is 5.95. The zero-order valence-electron chi connectivity index (χ0n) is 15.6. The molecule has 0 saturated carbocycles. The molecule has 0 bridgehead atoms. The maximum Gasteiger partial charge on any atom is 0.417 e. The SMILES string of the molecule is C[C@@H]1C2=C(CCN1C(=O)c1cccc(C(F)(F)F)c1Cl)N(c1ccn(C)n1)NN2. The minimum atomic E-state index is -4.63. The topological polar surface area (TPSA) is 65.4 Å². The normalized spacial score (nSPS) is 19.4. The predicted octanol–water partition coefficient (Wildman–Crippen LogP) is 3.07. The van der Waals surface area contributed by atoms with E-state index in [1.165, 1.54) is 17.0 Å². The van der Waals surface area contributed by atoms with Crippen LogP contribution in [0.1, 0.15) is 29.3 Å². The summed E-state index contributed by atoms with van der Waals surface area (Å²) in [6.07, 6.45) is -2.32. The van der Waals surface area contributed by atoms with Gasteiger partial charge in [-0.15, -0.1) is 5.53 Å². The molecule has 0 radical (unpaired) electrons. The Morgan fingerprint density at radius 1 is 1.31 bits per heavy atom. The highest BCUT2D eigenvalue weighted by molar-refractivity contribution is 6.34.